The normalized spacial score (nSPS) is 11.9. The van der Waals surface area contributed by atoms with Gasteiger partial charge in [0.2, 0.25) is 5.91 Å². The summed E-state index contributed by atoms with van der Waals surface area (Å²) in [5.41, 5.74) is 12.5. The molecule has 6 heteroatoms. The second-order valence-electron chi connectivity index (χ2n) is 4.26. The molecule has 0 aliphatic heterocycles. The molecule has 0 aliphatic carbocycles. The summed E-state index contributed by atoms with van der Waals surface area (Å²) in [6, 6.07) is 6.64. The van der Waals surface area contributed by atoms with Gasteiger partial charge in [-0.2, -0.15) is 11.8 Å². The number of carbonyl (C=O) groups excluding carboxylic acids is 2. The van der Waals surface area contributed by atoms with Crippen LogP contribution in [-0.4, -0.2) is 30.3 Å². The van der Waals surface area contributed by atoms with Gasteiger partial charge in [0.25, 0.3) is 0 Å². The van der Waals surface area contributed by atoms with Gasteiger partial charge in [0.15, 0.2) is 0 Å². The van der Waals surface area contributed by atoms with Gasteiger partial charge in [-0.3, -0.25) is 9.59 Å². The molecule has 0 heterocycles. The summed E-state index contributed by atoms with van der Waals surface area (Å²) in [6.07, 6.45) is 0.568. The third-order valence-corrected chi connectivity index (χ3v) is 3.70. The number of primary amides is 1. The number of nitrogens with two attached hydrogens (primary N) is 2. The van der Waals surface area contributed by atoms with E-state index in [1.807, 2.05) is 6.07 Å². The van der Waals surface area contributed by atoms with Crippen LogP contribution in [-0.2, 0) is 15.3 Å². The maximum Gasteiger partial charge on any atom is 0.322 e. The van der Waals surface area contributed by atoms with E-state index in [9.17, 15) is 9.59 Å². The van der Waals surface area contributed by atoms with Gasteiger partial charge >= 0.3 is 5.97 Å². The van der Waals surface area contributed by atoms with Crippen molar-refractivity contribution in [1.82, 2.24) is 0 Å². The monoisotopic (exact) mass is 296 g/mol. The van der Waals surface area contributed by atoms with Crippen LogP contribution in [0.25, 0.3) is 0 Å². The van der Waals surface area contributed by atoms with Crippen LogP contribution >= 0.6 is 11.8 Å². The lowest BCUT2D eigenvalue weighted by atomic mass is 10.1. The molecule has 0 aliphatic rings. The highest BCUT2D eigenvalue weighted by atomic mass is 32.2. The van der Waals surface area contributed by atoms with E-state index in [2.05, 4.69) is 0 Å². The Morgan fingerprint density at radius 1 is 1.40 bits per heavy atom. The number of ether oxygens (including phenoxy) is 1. The third-order valence-electron chi connectivity index (χ3n) is 2.64. The number of thioether (sulfide) groups is 1. The van der Waals surface area contributed by atoms with Crippen molar-refractivity contribution in [3.63, 3.8) is 0 Å². The largest absolute Gasteiger partial charge is 0.465 e. The highest BCUT2D eigenvalue weighted by Crippen LogP contribution is 2.15. The van der Waals surface area contributed by atoms with Crippen LogP contribution in [0.2, 0.25) is 0 Å². The van der Waals surface area contributed by atoms with Gasteiger partial charge in [0.05, 0.1) is 6.61 Å². The fourth-order valence-electron chi connectivity index (χ4n) is 1.58. The van der Waals surface area contributed by atoms with E-state index in [1.165, 1.54) is 0 Å². The van der Waals surface area contributed by atoms with Crippen LogP contribution in [0.3, 0.4) is 0 Å². The molecule has 0 spiro atoms. The van der Waals surface area contributed by atoms with Crippen molar-refractivity contribution < 1.29 is 14.3 Å². The summed E-state index contributed by atoms with van der Waals surface area (Å²) in [5, 5.41) is 0. The molecule has 1 atom stereocenters. The van der Waals surface area contributed by atoms with Crippen molar-refractivity contribution >= 4 is 23.6 Å². The number of amides is 1. The summed E-state index contributed by atoms with van der Waals surface area (Å²) >= 11 is 1.65. The van der Waals surface area contributed by atoms with Crippen molar-refractivity contribution in [1.29, 1.82) is 0 Å². The molecule has 0 fully saturated rings. The minimum absolute atomic E-state index is 0.347. The van der Waals surface area contributed by atoms with E-state index in [-0.39, 0.29) is 5.97 Å². The Kier molecular flexibility index (Phi) is 7.11. The topological polar surface area (TPSA) is 95.4 Å². The second kappa shape index (κ2) is 8.60. The Morgan fingerprint density at radius 2 is 2.15 bits per heavy atom. The Morgan fingerprint density at radius 3 is 2.80 bits per heavy atom. The molecular weight excluding hydrogens is 276 g/mol. The zero-order valence-electron chi connectivity index (χ0n) is 11.5. The molecule has 0 bridgehead atoms. The lowest BCUT2D eigenvalue weighted by Crippen LogP contribution is -2.32. The van der Waals surface area contributed by atoms with Gasteiger partial charge in [0.1, 0.15) is 6.04 Å². The van der Waals surface area contributed by atoms with Crippen molar-refractivity contribution in [2.45, 2.75) is 25.1 Å². The van der Waals surface area contributed by atoms with E-state index < -0.39 is 11.9 Å². The van der Waals surface area contributed by atoms with Crippen molar-refractivity contribution in [3.8, 4) is 0 Å². The smallest absolute Gasteiger partial charge is 0.322 e. The fourth-order valence-corrected chi connectivity index (χ4v) is 2.56. The maximum absolute atomic E-state index is 11.3. The van der Waals surface area contributed by atoms with Gasteiger partial charge in [-0.1, -0.05) is 12.1 Å². The zero-order chi connectivity index (χ0) is 15.0. The van der Waals surface area contributed by atoms with Gasteiger partial charge in [0, 0.05) is 11.3 Å². The molecule has 20 heavy (non-hydrogen) atoms. The van der Waals surface area contributed by atoms with E-state index >= 15 is 0 Å². The van der Waals surface area contributed by atoms with E-state index in [0.717, 1.165) is 17.1 Å². The SMILES string of the molecule is CCOC(=O)C(N)CCSCc1cccc(C(N)=O)c1. The van der Waals surface area contributed by atoms with Crippen LogP contribution in [0.4, 0.5) is 0 Å². The van der Waals surface area contributed by atoms with E-state index in [4.69, 9.17) is 16.2 Å². The van der Waals surface area contributed by atoms with Crippen LogP contribution in [0, 0.1) is 0 Å². The predicted molar refractivity (Wildman–Crippen MR) is 80.3 cm³/mol. The maximum atomic E-state index is 11.3. The minimum Gasteiger partial charge on any atom is -0.465 e. The molecule has 0 saturated heterocycles. The molecule has 1 aromatic carbocycles. The fraction of sp³-hybridized carbons (Fsp3) is 0.429. The molecule has 0 saturated carbocycles. The summed E-state index contributed by atoms with van der Waals surface area (Å²) in [5.74, 6) is 0.710. The first-order valence-corrected chi connectivity index (χ1v) is 7.58. The number of rotatable bonds is 8. The van der Waals surface area contributed by atoms with Crippen molar-refractivity contribution in [2.75, 3.05) is 12.4 Å². The lowest BCUT2D eigenvalue weighted by molar-refractivity contribution is -0.144. The highest BCUT2D eigenvalue weighted by Gasteiger charge is 2.13. The summed E-state index contributed by atoms with van der Waals surface area (Å²) in [6.45, 7) is 2.10. The van der Waals surface area contributed by atoms with Crippen LogP contribution in [0.15, 0.2) is 24.3 Å². The molecule has 5 nitrogen and oxygen atoms in total. The molecule has 1 amide bonds. The summed E-state index contributed by atoms with van der Waals surface area (Å²) in [4.78, 5) is 22.4. The highest BCUT2D eigenvalue weighted by molar-refractivity contribution is 7.98. The first-order valence-electron chi connectivity index (χ1n) is 6.43. The van der Waals surface area contributed by atoms with Crippen molar-refractivity contribution in [2.24, 2.45) is 11.5 Å². The molecule has 1 aromatic rings. The van der Waals surface area contributed by atoms with Crippen LogP contribution < -0.4 is 11.5 Å². The van der Waals surface area contributed by atoms with E-state index in [0.29, 0.717) is 18.6 Å². The van der Waals surface area contributed by atoms with Crippen LogP contribution in [0.5, 0.6) is 0 Å². The standard InChI is InChI=1S/C14H20N2O3S/c1-2-19-14(18)12(15)6-7-20-9-10-4-3-5-11(8-10)13(16)17/h3-5,8,12H,2,6-7,9,15H2,1H3,(H2,16,17). The molecule has 0 aromatic heterocycles. The molecule has 4 N–H and O–H groups in total. The molecule has 0 radical (unpaired) electrons. The van der Waals surface area contributed by atoms with E-state index in [1.54, 1.807) is 36.9 Å². The number of carbonyl (C=O) groups is 2. The Balaban J connectivity index is 2.32. The van der Waals surface area contributed by atoms with Gasteiger partial charge < -0.3 is 16.2 Å². The molecular formula is C14H20N2O3S. The molecule has 1 rings (SSSR count). The summed E-state index contributed by atoms with van der Waals surface area (Å²) in [7, 11) is 0. The first kappa shape index (κ1) is 16.5. The third kappa shape index (κ3) is 5.63. The van der Waals surface area contributed by atoms with Crippen molar-refractivity contribution in [3.05, 3.63) is 35.4 Å². The first-order chi connectivity index (χ1) is 9.54. The predicted octanol–water partition coefficient (Wildman–Crippen LogP) is 1.30. The minimum atomic E-state index is -0.570. The average Bonchev–Trinajstić information content (AvgIpc) is 2.44. The Labute approximate surface area is 123 Å². The summed E-state index contributed by atoms with van der Waals surface area (Å²) < 4.78 is 4.84. The number of esters is 1. The average molecular weight is 296 g/mol. The second-order valence-corrected chi connectivity index (χ2v) is 5.37. The molecule has 110 valence electrons. The Hall–Kier alpha value is -1.53. The quantitative estimate of drug-likeness (QED) is 0.557. The zero-order valence-corrected chi connectivity index (χ0v) is 12.3. The number of hydrogen-bond acceptors (Lipinski definition) is 5. The lowest BCUT2D eigenvalue weighted by Gasteiger charge is -2.10. The Bertz CT molecular complexity index is 465. The van der Waals surface area contributed by atoms with Crippen LogP contribution in [0.1, 0.15) is 29.3 Å². The van der Waals surface area contributed by atoms with Gasteiger partial charge in [-0.25, -0.2) is 0 Å². The molecule has 1 unspecified atom stereocenters. The van der Waals surface area contributed by atoms with Gasteiger partial charge in [-0.05, 0) is 36.8 Å². The van der Waals surface area contributed by atoms with Gasteiger partial charge in [-0.15, -0.1) is 0 Å². The number of benzene rings is 1. The number of hydrogen-bond donors (Lipinski definition) is 2.